The minimum absolute atomic E-state index is 0.0368. The summed E-state index contributed by atoms with van der Waals surface area (Å²) >= 11 is 0. The zero-order chi connectivity index (χ0) is 12.9. The lowest BCUT2D eigenvalue weighted by Gasteiger charge is -2.20. The molecule has 1 fully saturated rings. The first-order valence-corrected chi connectivity index (χ1v) is 6.43. The minimum Gasteiger partial charge on any atom is -0.348 e. The van der Waals surface area contributed by atoms with E-state index in [-0.39, 0.29) is 12.3 Å². The number of aromatic nitrogens is 4. The Morgan fingerprint density at radius 2 is 2.00 bits per heavy atom. The fourth-order valence-corrected chi connectivity index (χ4v) is 2.25. The smallest absolute Gasteiger partial charge is 0.181 e. The summed E-state index contributed by atoms with van der Waals surface area (Å²) in [4.78, 5) is 1.58. The molecule has 0 radical (unpaired) electrons. The fourth-order valence-electron chi connectivity index (χ4n) is 2.25. The molecule has 0 N–H and O–H groups in total. The van der Waals surface area contributed by atoms with Crippen LogP contribution in [0.4, 0.5) is 0 Å². The maximum Gasteiger partial charge on any atom is 0.181 e. The number of hydrogen-bond acceptors (Lipinski definition) is 5. The van der Waals surface area contributed by atoms with Crippen LogP contribution in [0.2, 0.25) is 0 Å². The summed E-state index contributed by atoms with van der Waals surface area (Å²) in [6.45, 7) is 1.25. The summed E-state index contributed by atoms with van der Waals surface area (Å²) in [5.41, 5.74) is 1.28. The average Bonchev–Trinajstić information content (AvgIpc) is 3.13. The van der Waals surface area contributed by atoms with E-state index in [9.17, 15) is 0 Å². The molecule has 6 heteroatoms. The van der Waals surface area contributed by atoms with Crippen LogP contribution in [0.3, 0.4) is 0 Å². The third-order valence-corrected chi connectivity index (χ3v) is 3.19. The maximum absolute atomic E-state index is 5.58. The van der Waals surface area contributed by atoms with Crippen molar-refractivity contribution in [3.63, 3.8) is 0 Å². The largest absolute Gasteiger partial charge is 0.348 e. The van der Waals surface area contributed by atoms with Gasteiger partial charge in [0.05, 0.1) is 13.2 Å². The highest BCUT2D eigenvalue weighted by atomic mass is 16.7. The van der Waals surface area contributed by atoms with E-state index in [1.807, 2.05) is 18.2 Å². The van der Waals surface area contributed by atoms with Crippen LogP contribution in [0.25, 0.3) is 0 Å². The van der Waals surface area contributed by atoms with E-state index in [0.29, 0.717) is 13.2 Å². The first-order chi connectivity index (χ1) is 9.43. The summed E-state index contributed by atoms with van der Waals surface area (Å²) in [7, 11) is 0. The van der Waals surface area contributed by atoms with Crippen LogP contribution >= 0.6 is 0 Å². The van der Waals surface area contributed by atoms with E-state index in [2.05, 4.69) is 27.5 Å². The van der Waals surface area contributed by atoms with Crippen molar-refractivity contribution in [2.75, 3.05) is 13.2 Å². The van der Waals surface area contributed by atoms with Gasteiger partial charge in [-0.25, -0.2) is 0 Å². The number of rotatable bonds is 5. The second kappa shape index (κ2) is 5.90. The normalized spacial score (nSPS) is 17.7. The number of benzene rings is 1. The molecule has 1 unspecified atom stereocenters. The molecule has 1 saturated heterocycles. The van der Waals surface area contributed by atoms with Crippen LogP contribution in [-0.2, 0) is 15.9 Å². The molecular weight excluding hydrogens is 244 g/mol. The third kappa shape index (κ3) is 2.97. The summed E-state index contributed by atoms with van der Waals surface area (Å²) in [5, 5.41) is 11.8. The van der Waals surface area contributed by atoms with E-state index >= 15 is 0 Å². The molecule has 0 aliphatic carbocycles. The van der Waals surface area contributed by atoms with Crippen molar-refractivity contribution in [1.82, 2.24) is 20.2 Å². The molecule has 2 aromatic rings. The number of aryl methyl sites for hydroxylation is 1. The number of hydrogen-bond donors (Lipinski definition) is 0. The molecule has 1 aliphatic rings. The van der Waals surface area contributed by atoms with Gasteiger partial charge in [0.2, 0.25) is 0 Å². The topological polar surface area (TPSA) is 62.1 Å². The predicted molar refractivity (Wildman–Crippen MR) is 67.3 cm³/mol. The van der Waals surface area contributed by atoms with E-state index in [4.69, 9.17) is 9.47 Å². The molecule has 0 spiro atoms. The van der Waals surface area contributed by atoms with Gasteiger partial charge in [-0.2, -0.15) is 4.80 Å². The van der Waals surface area contributed by atoms with Crippen LogP contribution in [0.15, 0.2) is 36.7 Å². The van der Waals surface area contributed by atoms with Crippen LogP contribution in [-0.4, -0.2) is 39.7 Å². The van der Waals surface area contributed by atoms with Gasteiger partial charge in [0.1, 0.15) is 6.04 Å². The molecule has 3 rings (SSSR count). The van der Waals surface area contributed by atoms with Crippen LogP contribution < -0.4 is 0 Å². The molecule has 1 aromatic heterocycles. The minimum atomic E-state index is -0.280. The average molecular weight is 260 g/mol. The monoisotopic (exact) mass is 260 g/mol. The number of ether oxygens (including phenoxy) is 2. The molecule has 19 heavy (non-hydrogen) atoms. The second-order valence-electron chi connectivity index (χ2n) is 4.46. The highest BCUT2D eigenvalue weighted by molar-refractivity contribution is 5.14. The number of nitrogens with zero attached hydrogens (tertiary/aromatic N) is 4. The Labute approximate surface area is 111 Å². The van der Waals surface area contributed by atoms with E-state index in [1.165, 1.54) is 11.9 Å². The van der Waals surface area contributed by atoms with Crippen LogP contribution in [0.1, 0.15) is 18.0 Å². The van der Waals surface area contributed by atoms with Crippen molar-refractivity contribution in [3.05, 3.63) is 42.2 Å². The van der Waals surface area contributed by atoms with Gasteiger partial charge in [0, 0.05) is 0 Å². The summed E-state index contributed by atoms with van der Waals surface area (Å²) < 4.78 is 11.2. The Kier molecular flexibility index (Phi) is 3.81. The van der Waals surface area contributed by atoms with E-state index in [0.717, 1.165) is 12.8 Å². The summed E-state index contributed by atoms with van der Waals surface area (Å²) in [6, 6.07) is 10.3. The second-order valence-corrected chi connectivity index (χ2v) is 4.46. The molecule has 1 aliphatic heterocycles. The Hall–Kier alpha value is -1.79. The van der Waals surface area contributed by atoms with Crippen molar-refractivity contribution in [3.8, 4) is 0 Å². The standard InChI is InChI=1S/C13H16N4O2/c1-2-4-11(5-3-1)6-7-12(13-18-8-9-19-13)17-15-10-14-16-17/h1-5,10,12-13H,6-9H2. The third-order valence-electron chi connectivity index (χ3n) is 3.19. The highest BCUT2D eigenvalue weighted by Crippen LogP contribution is 2.23. The Balaban J connectivity index is 1.69. The van der Waals surface area contributed by atoms with Gasteiger partial charge in [-0.1, -0.05) is 30.3 Å². The van der Waals surface area contributed by atoms with Crippen LogP contribution in [0, 0.1) is 0 Å². The van der Waals surface area contributed by atoms with E-state index < -0.39 is 0 Å². The zero-order valence-corrected chi connectivity index (χ0v) is 10.6. The summed E-state index contributed by atoms with van der Waals surface area (Å²) in [5.74, 6) is 0. The lowest BCUT2D eigenvalue weighted by Crippen LogP contribution is -2.27. The SMILES string of the molecule is c1ccc(CCC(C2OCCO2)n2ncnn2)cc1. The van der Waals surface area contributed by atoms with E-state index in [1.54, 1.807) is 4.80 Å². The van der Waals surface area contributed by atoms with Crippen molar-refractivity contribution in [2.24, 2.45) is 0 Å². The molecule has 0 bridgehead atoms. The molecule has 0 saturated carbocycles. The predicted octanol–water partition coefficient (Wildman–Crippen LogP) is 1.22. The van der Waals surface area contributed by atoms with Gasteiger partial charge >= 0.3 is 0 Å². The molecular formula is C13H16N4O2. The molecule has 2 heterocycles. The van der Waals surface area contributed by atoms with Gasteiger partial charge in [-0.05, 0) is 23.6 Å². The first-order valence-electron chi connectivity index (χ1n) is 6.43. The number of tetrazole rings is 1. The zero-order valence-electron chi connectivity index (χ0n) is 10.6. The summed E-state index contributed by atoms with van der Waals surface area (Å²) in [6.07, 6.45) is 2.93. The Morgan fingerprint density at radius 1 is 1.21 bits per heavy atom. The Bertz CT molecular complexity index is 483. The van der Waals surface area contributed by atoms with Gasteiger partial charge < -0.3 is 9.47 Å². The molecule has 1 atom stereocenters. The maximum atomic E-state index is 5.58. The van der Waals surface area contributed by atoms with Crippen molar-refractivity contribution in [2.45, 2.75) is 25.2 Å². The highest BCUT2D eigenvalue weighted by Gasteiger charge is 2.29. The van der Waals surface area contributed by atoms with Crippen molar-refractivity contribution >= 4 is 0 Å². The first kappa shape index (κ1) is 12.3. The molecule has 100 valence electrons. The Morgan fingerprint density at radius 3 is 2.68 bits per heavy atom. The van der Waals surface area contributed by atoms with Crippen LogP contribution in [0.5, 0.6) is 0 Å². The lowest BCUT2D eigenvalue weighted by molar-refractivity contribution is -0.0863. The molecule has 6 nitrogen and oxygen atoms in total. The quantitative estimate of drug-likeness (QED) is 0.809. The van der Waals surface area contributed by atoms with Gasteiger partial charge in [0.25, 0.3) is 0 Å². The lowest BCUT2D eigenvalue weighted by atomic mass is 10.1. The fraction of sp³-hybridized carbons (Fsp3) is 0.462. The van der Waals surface area contributed by atoms with Gasteiger partial charge in [0.15, 0.2) is 12.6 Å². The van der Waals surface area contributed by atoms with Gasteiger partial charge in [-0.15, -0.1) is 10.2 Å². The van der Waals surface area contributed by atoms with Crippen molar-refractivity contribution in [1.29, 1.82) is 0 Å². The molecule has 0 amide bonds. The van der Waals surface area contributed by atoms with Gasteiger partial charge in [-0.3, -0.25) is 0 Å². The molecule has 1 aromatic carbocycles. The van der Waals surface area contributed by atoms with Crippen molar-refractivity contribution < 1.29 is 9.47 Å².